The highest BCUT2D eigenvalue weighted by Crippen LogP contribution is 2.23. The van der Waals surface area contributed by atoms with Gasteiger partial charge in [-0.15, -0.1) is 0 Å². The number of benzene rings is 1. The van der Waals surface area contributed by atoms with E-state index in [-0.39, 0.29) is 29.2 Å². The second kappa shape index (κ2) is 7.85. The topological polar surface area (TPSA) is 76.0 Å². The third kappa shape index (κ3) is 3.99. The molecule has 27 heavy (non-hydrogen) atoms. The van der Waals surface area contributed by atoms with Crippen molar-refractivity contribution < 1.29 is 18.4 Å². The van der Waals surface area contributed by atoms with Gasteiger partial charge in [-0.3, -0.25) is 9.59 Å². The van der Waals surface area contributed by atoms with Crippen molar-refractivity contribution in [2.24, 2.45) is 0 Å². The Kier molecular flexibility index (Phi) is 5.53. The molecule has 1 aliphatic rings. The smallest absolute Gasteiger partial charge is 0.291 e. The van der Waals surface area contributed by atoms with Gasteiger partial charge in [0, 0.05) is 18.7 Å². The molecule has 0 spiro atoms. The molecule has 2 heterocycles. The van der Waals surface area contributed by atoms with Gasteiger partial charge in [-0.2, -0.15) is 0 Å². The van der Waals surface area contributed by atoms with Crippen LogP contribution in [0, 0.1) is 11.6 Å². The Balaban J connectivity index is 1.90. The molecule has 0 fully saturated rings. The lowest BCUT2D eigenvalue weighted by atomic mass is 10.1. The Bertz CT molecular complexity index is 879. The first-order valence-corrected chi connectivity index (χ1v) is 9.07. The van der Waals surface area contributed by atoms with E-state index >= 15 is 0 Å². The van der Waals surface area contributed by atoms with Crippen LogP contribution in [0.4, 0.5) is 14.5 Å². The first kappa shape index (κ1) is 19.0. The molecular formula is C19H22F2N4O2. The summed E-state index contributed by atoms with van der Waals surface area (Å²) >= 11 is 0. The second-order valence-corrected chi connectivity index (χ2v) is 6.70. The molecule has 8 heteroatoms. The van der Waals surface area contributed by atoms with Crippen LogP contribution in [0.5, 0.6) is 0 Å². The van der Waals surface area contributed by atoms with E-state index in [0.717, 1.165) is 31.4 Å². The van der Waals surface area contributed by atoms with E-state index in [1.165, 1.54) is 0 Å². The largest absolute Gasteiger partial charge is 0.348 e. The number of anilines is 1. The molecule has 1 aromatic carbocycles. The summed E-state index contributed by atoms with van der Waals surface area (Å²) in [6.45, 7) is 4.42. The van der Waals surface area contributed by atoms with Crippen LogP contribution >= 0.6 is 0 Å². The van der Waals surface area contributed by atoms with Gasteiger partial charge in [-0.25, -0.2) is 13.8 Å². The van der Waals surface area contributed by atoms with Crippen molar-refractivity contribution >= 4 is 17.5 Å². The minimum absolute atomic E-state index is 0.0102. The van der Waals surface area contributed by atoms with Crippen LogP contribution in [0.2, 0.25) is 0 Å². The van der Waals surface area contributed by atoms with E-state index in [1.807, 2.05) is 13.8 Å². The molecule has 2 aromatic rings. The predicted molar refractivity (Wildman–Crippen MR) is 96.7 cm³/mol. The number of amides is 2. The van der Waals surface area contributed by atoms with Crippen LogP contribution in [0.25, 0.3) is 0 Å². The number of imidazole rings is 1. The van der Waals surface area contributed by atoms with E-state index in [1.54, 1.807) is 4.57 Å². The van der Waals surface area contributed by atoms with Gasteiger partial charge in [0.2, 0.25) is 0 Å². The van der Waals surface area contributed by atoms with E-state index in [9.17, 15) is 18.4 Å². The summed E-state index contributed by atoms with van der Waals surface area (Å²) in [5.74, 6) is -2.49. The van der Waals surface area contributed by atoms with Crippen LogP contribution in [0.1, 0.15) is 59.9 Å². The zero-order valence-corrected chi connectivity index (χ0v) is 15.3. The number of halogens is 2. The molecule has 0 saturated carbocycles. The van der Waals surface area contributed by atoms with Crippen molar-refractivity contribution in [1.82, 2.24) is 14.9 Å². The third-order valence-electron chi connectivity index (χ3n) is 4.71. The number of hydrogen-bond acceptors (Lipinski definition) is 3. The lowest BCUT2D eigenvalue weighted by Gasteiger charge is -2.17. The Morgan fingerprint density at radius 2 is 2.04 bits per heavy atom. The number of carbonyl (C=O) groups is 2. The highest BCUT2D eigenvalue weighted by molar-refractivity contribution is 6.03. The predicted octanol–water partition coefficient (Wildman–Crippen LogP) is 3.28. The maximum atomic E-state index is 13.8. The molecule has 2 amide bonds. The average Bonchev–Trinajstić information content (AvgIpc) is 3.04. The van der Waals surface area contributed by atoms with Gasteiger partial charge in [-0.05, 0) is 44.7 Å². The molecule has 1 atom stereocenters. The SMILES string of the molecule is CCC(C)NC(=O)c1nc(C(=O)Nc2ccc(F)cc2F)n2c1CCCC2. The van der Waals surface area contributed by atoms with E-state index in [4.69, 9.17) is 0 Å². The van der Waals surface area contributed by atoms with Crippen molar-refractivity contribution in [1.29, 1.82) is 0 Å². The van der Waals surface area contributed by atoms with Gasteiger partial charge >= 0.3 is 0 Å². The molecule has 144 valence electrons. The minimum atomic E-state index is -0.872. The van der Waals surface area contributed by atoms with Crippen LogP contribution in [0.15, 0.2) is 18.2 Å². The molecule has 0 aliphatic carbocycles. The van der Waals surface area contributed by atoms with Crippen molar-refractivity contribution in [2.45, 2.75) is 52.1 Å². The maximum Gasteiger partial charge on any atom is 0.291 e. The Morgan fingerprint density at radius 3 is 2.74 bits per heavy atom. The van der Waals surface area contributed by atoms with Gasteiger partial charge in [-0.1, -0.05) is 6.92 Å². The van der Waals surface area contributed by atoms with E-state index < -0.39 is 17.5 Å². The fraction of sp³-hybridized carbons (Fsp3) is 0.421. The lowest BCUT2D eigenvalue weighted by Crippen LogP contribution is -2.33. The van der Waals surface area contributed by atoms with Gasteiger partial charge in [0.15, 0.2) is 5.82 Å². The standard InChI is InChI=1S/C19H22F2N4O2/c1-3-11(2)22-18(26)16-15-6-4-5-9-25(15)17(24-16)19(27)23-14-8-7-12(20)10-13(14)21/h7-8,10-11H,3-6,9H2,1-2H3,(H,22,26)(H,23,27). The van der Waals surface area contributed by atoms with Crippen LogP contribution < -0.4 is 10.6 Å². The zero-order valence-electron chi connectivity index (χ0n) is 15.3. The van der Waals surface area contributed by atoms with Crippen molar-refractivity contribution in [3.8, 4) is 0 Å². The lowest BCUT2D eigenvalue weighted by molar-refractivity contribution is 0.0933. The summed E-state index contributed by atoms with van der Waals surface area (Å²) in [5.41, 5.74) is 0.812. The van der Waals surface area contributed by atoms with Crippen LogP contribution in [0.3, 0.4) is 0 Å². The fourth-order valence-corrected chi connectivity index (χ4v) is 3.06. The van der Waals surface area contributed by atoms with Gasteiger partial charge < -0.3 is 15.2 Å². The maximum absolute atomic E-state index is 13.8. The summed E-state index contributed by atoms with van der Waals surface area (Å²) in [5, 5.41) is 5.28. The van der Waals surface area contributed by atoms with Crippen LogP contribution in [-0.2, 0) is 13.0 Å². The Morgan fingerprint density at radius 1 is 1.26 bits per heavy atom. The molecule has 1 aromatic heterocycles. The molecular weight excluding hydrogens is 354 g/mol. The molecule has 0 saturated heterocycles. The van der Waals surface area contributed by atoms with Gasteiger partial charge in [0.05, 0.1) is 11.4 Å². The first-order chi connectivity index (χ1) is 12.9. The number of nitrogens with zero attached hydrogens (tertiary/aromatic N) is 2. The number of nitrogens with one attached hydrogen (secondary N) is 2. The first-order valence-electron chi connectivity index (χ1n) is 9.07. The molecule has 3 rings (SSSR count). The quantitative estimate of drug-likeness (QED) is 0.841. The summed E-state index contributed by atoms with van der Waals surface area (Å²) in [7, 11) is 0. The summed E-state index contributed by atoms with van der Waals surface area (Å²) in [4.78, 5) is 29.5. The highest BCUT2D eigenvalue weighted by atomic mass is 19.1. The summed E-state index contributed by atoms with van der Waals surface area (Å²) < 4.78 is 28.6. The normalized spacial score (nSPS) is 14.4. The van der Waals surface area contributed by atoms with Crippen molar-refractivity contribution in [2.75, 3.05) is 5.32 Å². The molecule has 0 radical (unpaired) electrons. The molecule has 0 bridgehead atoms. The molecule has 1 unspecified atom stereocenters. The molecule has 6 nitrogen and oxygen atoms in total. The van der Waals surface area contributed by atoms with Crippen LogP contribution in [-0.4, -0.2) is 27.4 Å². The summed E-state index contributed by atoms with van der Waals surface area (Å²) in [6, 6.07) is 2.90. The summed E-state index contributed by atoms with van der Waals surface area (Å²) in [6.07, 6.45) is 3.19. The number of aromatic nitrogens is 2. The molecule has 2 N–H and O–H groups in total. The van der Waals surface area contributed by atoms with Crippen molar-refractivity contribution in [3.63, 3.8) is 0 Å². The third-order valence-corrected chi connectivity index (χ3v) is 4.71. The van der Waals surface area contributed by atoms with E-state index in [2.05, 4.69) is 15.6 Å². The van der Waals surface area contributed by atoms with Gasteiger partial charge in [0.25, 0.3) is 11.8 Å². The monoisotopic (exact) mass is 376 g/mol. The number of fused-ring (bicyclic) bond motifs is 1. The number of hydrogen-bond donors (Lipinski definition) is 2. The Labute approximate surface area is 156 Å². The number of rotatable bonds is 5. The Hall–Kier alpha value is -2.77. The highest BCUT2D eigenvalue weighted by Gasteiger charge is 2.28. The zero-order chi connectivity index (χ0) is 19.6. The second-order valence-electron chi connectivity index (χ2n) is 6.70. The molecule has 1 aliphatic heterocycles. The fourth-order valence-electron chi connectivity index (χ4n) is 3.06. The number of carbonyl (C=O) groups excluding carboxylic acids is 2. The van der Waals surface area contributed by atoms with Crippen molar-refractivity contribution in [3.05, 3.63) is 47.0 Å². The average molecular weight is 376 g/mol. The van der Waals surface area contributed by atoms with E-state index in [0.29, 0.717) is 24.7 Å². The minimum Gasteiger partial charge on any atom is -0.348 e. The van der Waals surface area contributed by atoms with Gasteiger partial charge in [0.1, 0.15) is 17.3 Å².